The van der Waals surface area contributed by atoms with E-state index in [-0.39, 0.29) is 36.8 Å². The first kappa shape index (κ1) is 28.5. The molecule has 0 unspecified atom stereocenters. The van der Waals surface area contributed by atoms with Crippen molar-refractivity contribution in [1.29, 1.82) is 0 Å². The van der Waals surface area contributed by atoms with Crippen LogP contribution in [0.2, 0.25) is 0 Å². The minimum Gasteiger partial charge on any atom is -0.395 e. The molecule has 0 saturated carbocycles. The van der Waals surface area contributed by atoms with Crippen molar-refractivity contribution >= 4 is 21.9 Å². The first-order valence-electron chi connectivity index (χ1n) is 12.5. The van der Waals surface area contributed by atoms with Crippen molar-refractivity contribution in [2.75, 3.05) is 57.4 Å². The maximum atomic E-state index is 13.3. The zero-order chi connectivity index (χ0) is 27.8. The minimum absolute atomic E-state index is 0.0264. The molecule has 1 aromatic heterocycles. The van der Waals surface area contributed by atoms with Gasteiger partial charge in [0.2, 0.25) is 16.0 Å². The van der Waals surface area contributed by atoms with Gasteiger partial charge >= 0.3 is 0 Å². The van der Waals surface area contributed by atoms with Gasteiger partial charge in [-0.3, -0.25) is 14.9 Å². The summed E-state index contributed by atoms with van der Waals surface area (Å²) in [6, 6.07) is 14.7. The molecule has 1 amide bonds. The fraction of sp³-hybridized carbons (Fsp3) is 0.346. The number of piperazine rings is 1. The van der Waals surface area contributed by atoms with E-state index in [0.717, 1.165) is 16.7 Å². The zero-order valence-electron chi connectivity index (χ0n) is 21.3. The Morgan fingerprint density at radius 3 is 1.92 bits per heavy atom. The summed E-state index contributed by atoms with van der Waals surface area (Å²) in [6.07, 6.45) is 2.60. The highest BCUT2D eigenvalue weighted by molar-refractivity contribution is 7.89. The van der Waals surface area contributed by atoms with Crippen LogP contribution in [0.25, 0.3) is 11.1 Å². The lowest BCUT2D eigenvalue weighted by Gasteiger charge is -2.34. The third-order valence-corrected chi connectivity index (χ3v) is 8.45. The minimum atomic E-state index is -3.68. The van der Waals surface area contributed by atoms with E-state index in [0.29, 0.717) is 38.7 Å². The van der Waals surface area contributed by atoms with Crippen LogP contribution in [0.3, 0.4) is 0 Å². The number of rotatable bonds is 11. The number of benzene rings is 2. The largest absolute Gasteiger partial charge is 0.395 e. The summed E-state index contributed by atoms with van der Waals surface area (Å²) >= 11 is 0. The van der Waals surface area contributed by atoms with Gasteiger partial charge < -0.3 is 15.1 Å². The van der Waals surface area contributed by atoms with Gasteiger partial charge in [-0.05, 0) is 28.8 Å². The van der Waals surface area contributed by atoms with Crippen LogP contribution in [0.4, 0.5) is 5.95 Å². The van der Waals surface area contributed by atoms with Crippen LogP contribution in [0.5, 0.6) is 0 Å². The van der Waals surface area contributed by atoms with E-state index in [4.69, 9.17) is 5.21 Å². The number of nitrogens with one attached hydrogen (secondary N) is 1. The molecule has 1 aliphatic rings. The Kier molecular flexibility index (Phi) is 9.56. The van der Waals surface area contributed by atoms with Crippen molar-refractivity contribution in [3.63, 3.8) is 0 Å². The maximum absolute atomic E-state index is 13.3. The molecule has 13 heteroatoms. The normalized spacial score (nSPS) is 14.5. The Morgan fingerprint density at radius 1 is 0.872 bits per heavy atom. The second-order valence-electron chi connectivity index (χ2n) is 9.05. The van der Waals surface area contributed by atoms with Crippen LogP contribution in [0.1, 0.15) is 15.9 Å². The molecule has 4 rings (SSSR count). The highest BCUT2D eigenvalue weighted by Crippen LogP contribution is 2.25. The SMILES string of the molecule is O=C(NO)c1cnc(N2CCN(S(=O)(=O)c3ccc(-c4ccc(CN(CCO)CCO)cc4)cc3)CC2)nc1. The lowest BCUT2D eigenvalue weighted by molar-refractivity contribution is 0.0705. The summed E-state index contributed by atoms with van der Waals surface area (Å²) in [6.45, 7) is 2.95. The molecule has 2 aromatic carbocycles. The van der Waals surface area contributed by atoms with Gasteiger partial charge in [0.25, 0.3) is 5.91 Å². The number of carbonyl (C=O) groups is 1. The van der Waals surface area contributed by atoms with Gasteiger partial charge in [0.1, 0.15) is 0 Å². The molecule has 0 aliphatic carbocycles. The number of anilines is 1. The van der Waals surface area contributed by atoms with Crippen molar-refractivity contribution < 1.29 is 28.6 Å². The van der Waals surface area contributed by atoms with Crippen molar-refractivity contribution in [3.8, 4) is 11.1 Å². The molecule has 1 fully saturated rings. The van der Waals surface area contributed by atoms with Crippen molar-refractivity contribution in [2.45, 2.75) is 11.4 Å². The Bertz CT molecular complexity index is 1320. The highest BCUT2D eigenvalue weighted by Gasteiger charge is 2.29. The number of amides is 1. The van der Waals surface area contributed by atoms with Crippen molar-refractivity contribution in [1.82, 2.24) is 24.7 Å². The molecule has 39 heavy (non-hydrogen) atoms. The molecule has 1 saturated heterocycles. The quantitative estimate of drug-likeness (QED) is 0.194. The second-order valence-corrected chi connectivity index (χ2v) is 11.0. The van der Waals surface area contributed by atoms with E-state index in [9.17, 15) is 23.4 Å². The van der Waals surface area contributed by atoms with Gasteiger partial charge in [-0.15, -0.1) is 0 Å². The Labute approximate surface area is 227 Å². The second kappa shape index (κ2) is 13.1. The molecular formula is C26H32N6O6S. The third-order valence-electron chi connectivity index (χ3n) is 6.54. The molecule has 208 valence electrons. The monoisotopic (exact) mass is 556 g/mol. The topological polar surface area (TPSA) is 159 Å². The Morgan fingerprint density at radius 2 is 1.41 bits per heavy atom. The van der Waals surface area contributed by atoms with E-state index in [1.807, 2.05) is 34.1 Å². The molecule has 4 N–H and O–H groups in total. The van der Waals surface area contributed by atoms with Gasteiger partial charge in [0.15, 0.2) is 0 Å². The van der Waals surface area contributed by atoms with Crippen LogP contribution in [0.15, 0.2) is 65.8 Å². The number of aliphatic hydroxyl groups excluding tert-OH is 2. The lowest BCUT2D eigenvalue weighted by Crippen LogP contribution is -2.49. The molecule has 3 aromatic rings. The van der Waals surface area contributed by atoms with Crippen molar-refractivity contribution in [2.24, 2.45) is 0 Å². The number of carbonyl (C=O) groups excluding carboxylic acids is 1. The van der Waals surface area contributed by atoms with Crippen LogP contribution in [0, 0.1) is 0 Å². The van der Waals surface area contributed by atoms with Crippen LogP contribution >= 0.6 is 0 Å². The average Bonchev–Trinajstić information content (AvgIpc) is 2.97. The standard InChI is InChI=1S/C26H32N6O6S/c33-15-13-30(14-16-34)19-20-1-3-21(4-2-20)22-5-7-24(8-6-22)39(37,38)32-11-9-31(10-12-32)26-27-17-23(18-28-26)25(35)29-36/h1-8,17-18,33-34,36H,9-16,19H2,(H,29,35). The number of hydrogen-bond donors (Lipinski definition) is 4. The Balaban J connectivity index is 1.37. The van der Waals surface area contributed by atoms with E-state index < -0.39 is 15.9 Å². The van der Waals surface area contributed by atoms with E-state index in [2.05, 4.69) is 9.97 Å². The van der Waals surface area contributed by atoms with Gasteiger partial charge in [-0.2, -0.15) is 4.31 Å². The molecule has 0 spiro atoms. The van der Waals surface area contributed by atoms with Gasteiger partial charge in [-0.25, -0.2) is 23.9 Å². The lowest BCUT2D eigenvalue weighted by atomic mass is 10.0. The van der Waals surface area contributed by atoms with Gasteiger partial charge in [0.05, 0.1) is 23.7 Å². The number of nitrogens with zero attached hydrogens (tertiary/aromatic N) is 5. The number of hydroxylamine groups is 1. The van der Waals surface area contributed by atoms with Crippen LogP contribution < -0.4 is 10.4 Å². The number of sulfonamides is 1. The molecule has 12 nitrogen and oxygen atoms in total. The maximum Gasteiger partial charge on any atom is 0.277 e. The smallest absolute Gasteiger partial charge is 0.277 e. The summed E-state index contributed by atoms with van der Waals surface area (Å²) in [5, 5.41) is 27.1. The number of aliphatic hydroxyl groups is 2. The fourth-order valence-corrected chi connectivity index (χ4v) is 5.80. The zero-order valence-corrected chi connectivity index (χ0v) is 22.2. The van der Waals surface area contributed by atoms with E-state index in [1.54, 1.807) is 24.3 Å². The van der Waals surface area contributed by atoms with Crippen LogP contribution in [-0.4, -0.2) is 101 Å². The van der Waals surface area contributed by atoms with E-state index in [1.165, 1.54) is 22.2 Å². The summed E-state index contributed by atoms with van der Waals surface area (Å²) in [5.74, 6) is -0.327. The summed E-state index contributed by atoms with van der Waals surface area (Å²) in [5.41, 5.74) is 4.54. The molecule has 1 aliphatic heterocycles. The van der Waals surface area contributed by atoms with Crippen LogP contribution in [-0.2, 0) is 16.6 Å². The predicted octanol–water partition coefficient (Wildman–Crippen LogP) is 0.560. The summed E-state index contributed by atoms with van der Waals surface area (Å²) < 4.78 is 27.9. The summed E-state index contributed by atoms with van der Waals surface area (Å²) in [7, 11) is -3.68. The average molecular weight is 557 g/mol. The molecular weight excluding hydrogens is 524 g/mol. The molecule has 0 atom stereocenters. The molecule has 0 bridgehead atoms. The molecule has 0 radical (unpaired) electrons. The van der Waals surface area contributed by atoms with E-state index >= 15 is 0 Å². The first-order chi connectivity index (χ1) is 18.8. The number of aromatic nitrogens is 2. The third kappa shape index (κ3) is 6.95. The first-order valence-corrected chi connectivity index (χ1v) is 13.9. The number of hydrogen-bond acceptors (Lipinski definition) is 10. The fourth-order valence-electron chi connectivity index (χ4n) is 4.38. The predicted molar refractivity (Wildman–Crippen MR) is 144 cm³/mol. The Hall–Kier alpha value is -3.46. The van der Waals surface area contributed by atoms with Crippen molar-refractivity contribution in [3.05, 3.63) is 72.1 Å². The summed E-state index contributed by atoms with van der Waals surface area (Å²) in [4.78, 5) is 23.7. The highest BCUT2D eigenvalue weighted by atomic mass is 32.2. The molecule has 2 heterocycles. The van der Waals surface area contributed by atoms with Gasteiger partial charge in [0, 0.05) is 58.2 Å². The van der Waals surface area contributed by atoms with Gasteiger partial charge in [-0.1, -0.05) is 36.4 Å².